The highest BCUT2D eigenvalue weighted by atomic mass is 16.5. The van der Waals surface area contributed by atoms with Crippen LogP contribution < -0.4 is 9.47 Å². The zero-order chi connectivity index (χ0) is 22.5. The Morgan fingerprint density at radius 3 is 2.39 bits per heavy atom. The van der Waals surface area contributed by atoms with Crippen LogP contribution in [-0.2, 0) is 9.53 Å². The van der Waals surface area contributed by atoms with Crippen LogP contribution in [0.2, 0.25) is 0 Å². The van der Waals surface area contributed by atoms with Gasteiger partial charge in [-0.3, -0.25) is 0 Å². The molecule has 0 amide bonds. The maximum atomic E-state index is 12.3. The molecule has 0 aliphatic rings. The third-order valence-corrected chi connectivity index (χ3v) is 4.95. The minimum Gasteiger partial charge on any atom is -0.493 e. The van der Waals surface area contributed by atoms with E-state index in [1.165, 1.54) is 6.08 Å². The van der Waals surface area contributed by atoms with Crippen LogP contribution in [-0.4, -0.2) is 24.6 Å². The van der Waals surface area contributed by atoms with Crippen LogP contribution in [0.3, 0.4) is 0 Å². The molecule has 0 saturated heterocycles. The van der Waals surface area contributed by atoms with E-state index >= 15 is 0 Å². The maximum absolute atomic E-state index is 12.3. The molecule has 0 radical (unpaired) electrons. The van der Waals surface area contributed by atoms with Gasteiger partial charge in [0.05, 0.1) is 12.2 Å². The maximum Gasteiger partial charge on any atom is 0.343 e. The van der Waals surface area contributed by atoms with Crippen LogP contribution in [0.5, 0.6) is 11.5 Å². The molecule has 0 aliphatic heterocycles. The normalized spacial score (nSPS) is 11.4. The molecule has 1 unspecified atom stereocenters. The molecule has 0 spiro atoms. The molecule has 0 bridgehead atoms. The highest BCUT2D eigenvalue weighted by Crippen LogP contribution is 2.28. The summed E-state index contributed by atoms with van der Waals surface area (Å²) in [6.45, 7) is 7.96. The van der Waals surface area contributed by atoms with Gasteiger partial charge in [-0.15, -0.1) is 0 Å². The molecule has 0 aliphatic carbocycles. The average molecular weight is 425 g/mol. The van der Waals surface area contributed by atoms with E-state index in [4.69, 9.17) is 14.2 Å². The Morgan fingerprint density at radius 2 is 1.68 bits per heavy atom. The fourth-order valence-corrected chi connectivity index (χ4v) is 3.18. The van der Waals surface area contributed by atoms with Gasteiger partial charge in [-0.05, 0) is 56.9 Å². The van der Waals surface area contributed by atoms with Crippen molar-refractivity contribution in [2.45, 2.75) is 58.5 Å². The van der Waals surface area contributed by atoms with Gasteiger partial charge in [-0.2, -0.15) is 0 Å². The number of carbonyl (C=O) groups is 2. The van der Waals surface area contributed by atoms with Crippen molar-refractivity contribution >= 4 is 11.9 Å². The van der Waals surface area contributed by atoms with Gasteiger partial charge in [0.1, 0.15) is 17.6 Å². The molecule has 0 heterocycles. The molecule has 166 valence electrons. The van der Waals surface area contributed by atoms with Crippen molar-refractivity contribution in [2.24, 2.45) is 0 Å². The van der Waals surface area contributed by atoms with Crippen molar-refractivity contribution in [3.63, 3.8) is 0 Å². The van der Waals surface area contributed by atoms with Crippen LogP contribution in [0.15, 0.2) is 61.2 Å². The molecule has 0 aromatic heterocycles. The Bertz CT molecular complexity index is 844. The number of unbranched alkanes of at least 4 members (excludes halogenated alkanes) is 2. The fourth-order valence-electron chi connectivity index (χ4n) is 3.18. The van der Waals surface area contributed by atoms with Gasteiger partial charge >= 0.3 is 11.9 Å². The highest BCUT2D eigenvalue weighted by Gasteiger charge is 2.14. The summed E-state index contributed by atoms with van der Waals surface area (Å²) in [4.78, 5) is 23.9. The van der Waals surface area contributed by atoms with E-state index in [-0.39, 0.29) is 12.1 Å². The molecular weight excluding hydrogens is 392 g/mol. The van der Waals surface area contributed by atoms with Crippen LogP contribution in [0.4, 0.5) is 0 Å². The van der Waals surface area contributed by atoms with Gasteiger partial charge in [-0.25, -0.2) is 9.59 Å². The Hall–Kier alpha value is -3.08. The van der Waals surface area contributed by atoms with E-state index in [9.17, 15) is 9.59 Å². The van der Waals surface area contributed by atoms with Crippen molar-refractivity contribution in [3.8, 4) is 11.5 Å². The summed E-state index contributed by atoms with van der Waals surface area (Å²) in [5.41, 5.74) is 1.26. The molecule has 5 heteroatoms. The quantitative estimate of drug-likeness (QED) is 0.169. The summed E-state index contributed by atoms with van der Waals surface area (Å²) in [5.74, 6) is 0.360. The van der Waals surface area contributed by atoms with Crippen molar-refractivity contribution in [3.05, 3.63) is 72.3 Å². The Labute approximate surface area is 185 Å². The van der Waals surface area contributed by atoms with E-state index in [1.54, 1.807) is 36.4 Å². The number of ether oxygens (including phenoxy) is 3. The lowest BCUT2D eigenvalue weighted by molar-refractivity contribution is -0.143. The number of benzene rings is 2. The minimum absolute atomic E-state index is 0.125. The topological polar surface area (TPSA) is 61.8 Å². The summed E-state index contributed by atoms with van der Waals surface area (Å²) < 4.78 is 16.9. The molecule has 31 heavy (non-hydrogen) atoms. The van der Waals surface area contributed by atoms with Crippen LogP contribution in [0.25, 0.3) is 0 Å². The standard InChI is InChI=1S/C26H32O5/c1-4-6-8-15-22(30-25(27)5-2)16-12-19-29-23-17-11-18-24(20(23)3)31-26(28)21-13-9-7-10-14-21/h5,7,9-11,13-14,17-18,22H,2,4,6,8,12,15-16,19H2,1,3H3. The lowest BCUT2D eigenvalue weighted by atomic mass is 10.1. The van der Waals surface area contributed by atoms with Crippen molar-refractivity contribution in [1.29, 1.82) is 0 Å². The largest absolute Gasteiger partial charge is 0.493 e. The molecule has 0 N–H and O–H groups in total. The van der Waals surface area contributed by atoms with E-state index in [1.807, 2.05) is 19.1 Å². The molecule has 0 fully saturated rings. The monoisotopic (exact) mass is 424 g/mol. The van der Waals surface area contributed by atoms with Crippen molar-refractivity contribution < 1.29 is 23.8 Å². The first-order chi connectivity index (χ1) is 15.0. The van der Waals surface area contributed by atoms with Crippen molar-refractivity contribution in [1.82, 2.24) is 0 Å². The van der Waals surface area contributed by atoms with Crippen LogP contribution in [0.1, 0.15) is 61.4 Å². The number of esters is 2. The predicted molar refractivity (Wildman–Crippen MR) is 122 cm³/mol. The Morgan fingerprint density at radius 1 is 0.968 bits per heavy atom. The van der Waals surface area contributed by atoms with Crippen LogP contribution >= 0.6 is 0 Å². The molecule has 2 aromatic carbocycles. The Balaban J connectivity index is 1.88. The number of rotatable bonds is 13. The third kappa shape index (κ3) is 8.28. The first-order valence-corrected chi connectivity index (χ1v) is 10.9. The lowest BCUT2D eigenvalue weighted by Crippen LogP contribution is -2.18. The molecule has 1 atom stereocenters. The zero-order valence-corrected chi connectivity index (χ0v) is 18.5. The highest BCUT2D eigenvalue weighted by molar-refractivity contribution is 5.91. The summed E-state index contributed by atoms with van der Waals surface area (Å²) in [7, 11) is 0. The second-order valence-corrected chi connectivity index (χ2v) is 7.38. The minimum atomic E-state index is -0.403. The first-order valence-electron chi connectivity index (χ1n) is 10.9. The average Bonchev–Trinajstić information content (AvgIpc) is 2.79. The fraction of sp³-hybridized carbons (Fsp3) is 0.385. The number of carbonyl (C=O) groups excluding carboxylic acids is 2. The lowest BCUT2D eigenvalue weighted by Gasteiger charge is -2.17. The summed E-state index contributed by atoms with van der Waals surface area (Å²) in [5, 5.41) is 0. The van der Waals surface area contributed by atoms with E-state index in [0.29, 0.717) is 23.7 Å². The molecule has 2 rings (SSSR count). The predicted octanol–water partition coefficient (Wildman–Crippen LogP) is 6.05. The summed E-state index contributed by atoms with van der Waals surface area (Å²) in [6, 6.07) is 14.3. The van der Waals surface area contributed by atoms with E-state index in [2.05, 4.69) is 13.5 Å². The second-order valence-electron chi connectivity index (χ2n) is 7.38. The molecule has 0 saturated carbocycles. The first kappa shape index (κ1) is 24.2. The van der Waals surface area contributed by atoms with Gasteiger partial charge in [0.25, 0.3) is 0 Å². The summed E-state index contributed by atoms with van der Waals surface area (Å²) >= 11 is 0. The SMILES string of the molecule is C=CC(=O)OC(CCCCC)CCCOc1cccc(OC(=O)c2ccccc2)c1C. The van der Waals surface area contributed by atoms with E-state index in [0.717, 1.165) is 44.1 Å². The molecular formula is C26H32O5. The van der Waals surface area contributed by atoms with Gasteiger partial charge < -0.3 is 14.2 Å². The van der Waals surface area contributed by atoms with Gasteiger partial charge in [0, 0.05) is 11.6 Å². The van der Waals surface area contributed by atoms with Crippen LogP contribution in [0, 0.1) is 6.92 Å². The smallest absolute Gasteiger partial charge is 0.343 e. The second kappa shape index (κ2) is 13.3. The summed E-state index contributed by atoms with van der Waals surface area (Å²) in [6.07, 6.45) is 6.66. The Kier molecular flexibility index (Phi) is 10.4. The van der Waals surface area contributed by atoms with Gasteiger partial charge in [0.2, 0.25) is 0 Å². The van der Waals surface area contributed by atoms with Crippen molar-refractivity contribution in [2.75, 3.05) is 6.61 Å². The molecule has 5 nitrogen and oxygen atoms in total. The zero-order valence-electron chi connectivity index (χ0n) is 18.5. The number of hydrogen-bond donors (Lipinski definition) is 0. The van der Waals surface area contributed by atoms with E-state index < -0.39 is 5.97 Å². The van der Waals surface area contributed by atoms with Gasteiger partial charge in [-0.1, -0.05) is 50.6 Å². The van der Waals surface area contributed by atoms with Gasteiger partial charge in [0.15, 0.2) is 0 Å². The third-order valence-electron chi connectivity index (χ3n) is 4.95. The number of hydrogen-bond acceptors (Lipinski definition) is 5. The molecule has 2 aromatic rings.